The fraction of sp³-hybridized carbons (Fsp3) is 0.294. The molecule has 2 amide bonds. The van der Waals surface area contributed by atoms with Gasteiger partial charge in [0.2, 0.25) is 5.95 Å². The smallest absolute Gasteiger partial charge is 0.262 e. The van der Waals surface area contributed by atoms with Crippen LogP contribution in [0.2, 0.25) is 10.0 Å². The number of aromatic nitrogens is 2. The summed E-state index contributed by atoms with van der Waals surface area (Å²) in [7, 11) is 0. The van der Waals surface area contributed by atoms with Gasteiger partial charge in [-0.25, -0.2) is 9.97 Å². The van der Waals surface area contributed by atoms with Crippen LogP contribution in [-0.4, -0.2) is 64.4 Å². The van der Waals surface area contributed by atoms with E-state index in [9.17, 15) is 9.59 Å². The Morgan fingerprint density at radius 3 is 1.96 bits per heavy atom. The first-order valence-corrected chi connectivity index (χ1v) is 8.90. The van der Waals surface area contributed by atoms with Gasteiger partial charge >= 0.3 is 0 Å². The summed E-state index contributed by atoms with van der Waals surface area (Å²) in [5.74, 6) is 0.0203. The zero-order chi connectivity index (χ0) is 18.3. The lowest BCUT2D eigenvalue weighted by Gasteiger charge is -2.36. The van der Waals surface area contributed by atoms with Crippen molar-refractivity contribution in [3.63, 3.8) is 0 Å². The molecule has 0 aliphatic carbocycles. The number of rotatable bonds is 3. The molecule has 2 aliphatic heterocycles. The SMILES string of the molecule is O=C1c2cc(Cl)c(Cl)cc2C(=O)N1CN1CCN(c2ncccn2)CC1. The molecule has 3 heterocycles. The van der Waals surface area contributed by atoms with E-state index in [1.807, 2.05) is 0 Å². The van der Waals surface area contributed by atoms with E-state index in [0.29, 0.717) is 30.2 Å². The van der Waals surface area contributed by atoms with Crippen molar-refractivity contribution >= 4 is 41.0 Å². The lowest BCUT2D eigenvalue weighted by Crippen LogP contribution is -2.51. The Morgan fingerprint density at radius 2 is 1.42 bits per heavy atom. The van der Waals surface area contributed by atoms with E-state index in [1.165, 1.54) is 17.0 Å². The minimum Gasteiger partial charge on any atom is -0.338 e. The quantitative estimate of drug-likeness (QED) is 0.746. The molecule has 1 aromatic carbocycles. The minimum atomic E-state index is -0.336. The number of amides is 2. The van der Waals surface area contributed by atoms with Gasteiger partial charge in [0.1, 0.15) is 0 Å². The number of halogens is 2. The average molecular weight is 392 g/mol. The second-order valence-corrected chi connectivity index (χ2v) is 6.96. The number of hydrogen-bond acceptors (Lipinski definition) is 6. The van der Waals surface area contributed by atoms with Crippen LogP contribution in [0.5, 0.6) is 0 Å². The standard InChI is InChI=1S/C17H15Cl2N5O2/c18-13-8-11-12(9-14(13)19)16(26)24(15(11)25)10-22-4-6-23(7-5-22)17-20-2-1-3-21-17/h1-3,8-9H,4-7,10H2. The number of benzene rings is 1. The van der Waals surface area contributed by atoms with Crippen LogP contribution in [-0.2, 0) is 0 Å². The van der Waals surface area contributed by atoms with Crippen LogP contribution in [0.15, 0.2) is 30.6 Å². The largest absolute Gasteiger partial charge is 0.338 e. The van der Waals surface area contributed by atoms with Gasteiger partial charge in [0, 0.05) is 38.6 Å². The highest BCUT2D eigenvalue weighted by Crippen LogP contribution is 2.31. The molecule has 0 spiro atoms. The molecule has 1 saturated heterocycles. The molecule has 0 unspecified atom stereocenters. The summed E-state index contributed by atoms with van der Waals surface area (Å²) >= 11 is 12.0. The Morgan fingerprint density at radius 1 is 0.885 bits per heavy atom. The summed E-state index contributed by atoms with van der Waals surface area (Å²) in [4.78, 5) is 39.0. The third kappa shape index (κ3) is 3.02. The zero-order valence-electron chi connectivity index (χ0n) is 13.7. The Balaban J connectivity index is 1.43. The molecule has 2 aromatic rings. The topological polar surface area (TPSA) is 69.6 Å². The molecular weight excluding hydrogens is 377 g/mol. The highest BCUT2D eigenvalue weighted by molar-refractivity contribution is 6.43. The number of hydrogen-bond donors (Lipinski definition) is 0. The molecule has 134 valence electrons. The summed E-state index contributed by atoms with van der Waals surface area (Å²) in [6.07, 6.45) is 3.42. The fourth-order valence-electron chi connectivity index (χ4n) is 3.16. The van der Waals surface area contributed by atoms with Crippen LogP contribution in [0, 0.1) is 0 Å². The second-order valence-electron chi connectivity index (χ2n) is 6.15. The van der Waals surface area contributed by atoms with E-state index < -0.39 is 0 Å². The van der Waals surface area contributed by atoms with Crippen LogP contribution >= 0.6 is 23.2 Å². The minimum absolute atomic E-state index is 0.241. The number of imide groups is 1. The lowest BCUT2D eigenvalue weighted by atomic mass is 10.1. The number of nitrogens with zero attached hydrogens (tertiary/aromatic N) is 5. The molecule has 1 aromatic heterocycles. The van der Waals surface area contributed by atoms with Crippen LogP contribution in [0.3, 0.4) is 0 Å². The highest BCUT2D eigenvalue weighted by Gasteiger charge is 2.37. The molecule has 0 bridgehead atoms. The van der Waals surface area contributed by atoms with Crippen LogP contribution < -0.4 is 4.90 Å². The molecule has 4 rings (SSSR count). The summed E-state index contributed by atoms with van der Waals surface area (Å²) in [6.45, 7) is 3.10. The number of fused-ring (bicyclic) bond motifs is 1. The van der Waals surface area contributed by atoms with Gasteiger partial charge in [-0.3, -0.25) is 19.4 Å². The Bertz CT molecular complexity index is 828. The Kier molecular flexibility index (Phi) is 4.52. The molecule has 0 atom stereocenters. The first-order valence-electron chi connectivity index (χ1n) is 8.14. The lowest BCUT2D eigenvalue weighted by molar-refractivity contribution is 0.0534. The molecule has 9 heteroatoms. The van der Waals surface area contributed by atoms with Crippen molar-refractivity contribution in [3.05, 3.63) is 51.8 Å². The van der Waals surface area contributed by atoms with Crippen LogP contribution in [0.4, 0.5) is 5.95 Å². The van der Waals surface area contributed by atoms with E-state index >= 15 is 0 Å². The van der Waals surface area contributed by atoms with Gasteiger partial charge < -0.3 is 4.90 Å². The number of carbonyl (C=O) groups excluding carboxylic acids is 2. The van der Waals surface area contributed by atoms with E-state index in [-0.39, 0.29) is 28.5 Å². The van der Waals surface area contributed by atoms with Crippen LogP contribution in [0.25, 0.3) is 0 Å². The molecule has 1 fully saturated rings. The summed E-state index contributed by atoms with van der Waals surface area (Å²) in [5.41, 5.74) is 0.612. The van der Waals surface area contributed by atoms with Crippen molar-refractivity contribution < 1.29 is 9.59 Å². The maximum atomic E-state index is 12.6. The van der Waals surface area contributed by atoms with Crippen molar-refractivity contribution in [2.45, 2.75) is 0 Å². The predicted octanol–water partition coefficient (Wildman–Crippen LogP) is 2.16. The maximum absolute atomic E-state index is 12.6. The van der Waals surface area contributed by atoms with Gasteiger partial charge in [0.15, 0.2) is 0 Å². The number of carbonyl (C=O) groups is 2. The number of anilines is 1. The van der Waals surface area contributed by atoms with Crippen molar-refractivity contribution in [2.75, 3.05) is 37.7 Å². The summed E-state index contributed by atoms with van der Waals surface area (Å²) < 4.78 is 0. The van der Waals surface area contributed by atoms with E-state index in [1.54, 1.807) is 18.5 Å². The molecule has 7 nitrogen and oxygen atoms in total. The normalized spacial score (nSPS) is 17.8. The average Bonchev–Trinajstić information content (AvgIpc) is 2.88. The first kappa shape index (κ1) is 17.2. The number of piperazine rings is 1. The van der Waals surface area contributed by atoms with Gasteiger partial charge in [-0.15, -0.1) is 0 Å². The third-order valence-corrected chi connectivity index (χ3v) is 5.28. The third-order valence-electron chi connectivity index (χ3n) is 4.56. The summed E-state index contributed by atoms with van der Waals surface area (Å²) in [6, 6.07) is 4.70. The molecule has 2 aliphatic rings. The van der Waals surface area contributed by atoms with Crippen molar-refractivity contribution in [1.29, 1.82) is 0 Å². The molecule has 0 radical (unpaired) electrons. The monoisotopic (exact) mass is 391 g/mol. The second kappa shape index (κ2) is 6.83. The van der Waals surface area contributed by atoms with Crippen molar-refractivity contribution in [3.8, 4) is 0 Å². The van der Waals surface area contributed by atoms with Gasteiger partial charge in [-0.1, -0.05) is 23.2 Å². The van der Waals surface area contributed by atoms with Crippen LogP contribution in [0.1, 0.15) is 20.7 Å². The molecule has 0 saturated carbocycles. The van der Waals surface area contributed by atoms with Gasteiger partial charge in [0.05, 0.1) is 27.8 Å². The molecule has 26 heavy (non-hydrogen) atoms. The first-order chi connectivity index (χ1) is 12.5. The van der Waals surface area contributed by atoms with E-state index in [4.69, 9.17) is 23.2 Å². The predicted molar refractivity (Wildman–Crippen MR) is 97.6 cm³/mol. The Hall–Kier alpha value is -2.22. The van der Waals surface area contributed by atoms with Crippen molar-refractivity contribution in [2.24, 2.45) is 0 Å². The van der Waals surface area contributed by atoms with Gasteiger partial charge in [-0.2, -0.15) is 0 Å². The van der Waals surface area contributed by atoms with Crippen molar-refractivity contribution in [1.82, 2.24) is 19.8 Å². The summed E-state index contributed by atoms with van der Waals surface area (Å²) in [5, 5.41) is 0.537. The van der Waals surface area contributed by atoms with Gasteiger partial charge in [-0.05, 0) is 18.2 Å². The molecular formula is C17H15Cl2N5O2. The molecule has 0 N–H and O–H groups in total. The maximum Gasteiger partial charge on any atom is 0.262 e. The highest BCUT2D eigenvalue weighted by atomic mass is 35.5. The zero-order valence-corrected chi connectivity index (χ0v) is 15.2. The van der Waals surface area contributed by atoms with E-state index in [2.05, 4.69) is 19.8 Å². The van der Waals surface area contributed by atoms with E-state index in [0.717, 1.165) is 13.1 Å². The fourth-order valence-corrected chi connectivity index (χ4v) is 3.48. The van der Waals surface area contributed by atoms with Gasteiger partial charge in [0.25, 0.3) is 11.8 Å². The Labute approximate surface area is 160 Å².